The molecule has 1 aliphatic heterocycles. The van der Waals surface area contributed by atoms with Gasteiger partial charge >= 0.3 is 6.03 Å². The van der Waals surface area contributed by atoms with E-state index in [-0.39, 0.29) is 5.91 Å². The number of hydrogen-bond donors (Lipinski definition) is 4. The number of nitrogens with one attached hydrogen (secondary N) is 4. The number of anilines is 2. The standard InChI is InChI=1S/C22H18N4O3/c1-13-4-6-14(7-5-13)20(27)26-22(29)24-16-8-9-17-18(11-15-3-2-10-23-15)21(28)25-19(17)12-16/h2-12,23H,1H3,(H,25,28)(H2,24,26,27,29). The van der Waals surface area contributed by atoms with Gasteiger partial charge in [0.05, 0.1) is 11.3 Å². The Morgan fingerprint density at radius 1 is 1.03 bits per heavy atom. The zero-order chi connectivity index (χ0) is 20.4. The van der Waals surface area contributed by atoms with Gasteiger partial charge in [-0.15, -0.1) is 0 Å². The Labute approximate surface area is 166 Å². The van der Waals surface area contributed by atoms with E-state index in [1.165, 1.54) is 0 Å². The van der Waals surface area contributed by atoms with Crippen LogP contribution < -0.4 is 16.0 Å². The van der Waals surface area contributed by atoms with E-state index in [1.54, 1.807) is 54.7 Å². The Bertz CT molecular complexity index is 1130. The minimum Gasteiger partial charge on any atom is -0.362 e. The van der Waals surface area contributed by atoms with E-state index in [4.69, 9.17) is 0 Å². The van der Waals surface area contributed by atoms with Crippen LogP contribution in [0.25, 0.3) is 11.6 Å². The van der Waals surface area contributed by atoms with Gasteiger partial charge in [-0.3, -0.25) is 14.9 Å². The number of H-pyrrole nitrogens is 1. The minimum atomic E-state index is -0.651. The number of aryl methyl sites for hydroxylation is 1. The van der Waals surface area contributed by atoms with Crippen LogP contribution in [0, 0.1) is 6.92 Å². The molecule has 4 N–H and O–H groups in total. The van der Waals surface area contributed by atoms with Crippen molar-refractivity contribution in [2.45, 2.75) is 6.92 Å². The number of aromatic nitrogens is 1. The first-order valence-corrected chi connectivity index (χ1v) is 8.99. The molecule has 0 fully saturated rings. The average Bonchev–Trinajstić information content (AvgIpc) is 3.30. The van der Waals surface area contributed by atoms with Crippen molar-refractivity contribution in [2.75, 3.05) is 10.6 Å². The Morgan fingerprint density at radius 2 is 1.83 bits per heavy atom. The van der Waals surface area contributed by atoms with Crippen molar-refractivity contribution in [3.05, 3.63) is 83.2 Å². The van der Waals surface area contributed by atoms with Gasteiger partial charge in [0.1, 0.15) is 0 Å². The van der Waals surface area contributed by atoms with Crippen molar-refractivity contribution in [2.24, 2.45) is 0 Å². The molecule has 0 unspecified atom stereocenters. The largest absolute Gasteiger partial charge is 0.362 e. The number of carbonyl (C=O) groups is 3. The molecule has 0 aliphatic carbocycles. The summed E-state index contributed by atoms with van der Waals surface area (Å²) in [6.45, 7) is 1.92. The summed E-state index contributed by atoms with van der Waals surface area (Å²) >= 11 is 0. The highest BCUT2D eigenvalue weighted by molar-refractivity contribution is 6.35. The number of amides is 4. The van der Waals surface area contributed by atoms with E-state index in [0.717, 1.165) is 16.8 Å². The quantitative estimate of drug-likeness (QED) is 0.515. The second-order valence-electron chi connectivity index (χ2n) is 6.67. The normalized spacial score (nSPS) is 13.7. The molecule has 0 radical (unpaired) electrons. The van der Waals surface area contributed by atoms with Gasteiger partial charge in [-0.2, -0.15) is 0 Å². The SMILES string of the molecule is Cc1ccc(C(=O)NC(=O)Nc2ccc3c(c2)NC(=O)C3=Cc2ccc[nH]2)cc1. The first-order valence-electron chi connectivity index (χ1n) is 8.99. The lowest BCUT2D eigenvalue weighted by Crippen LogP contribution is -2.34. The Balaban J connectivity index is 1.46. The van der Waals surface area contributed by atoms with Gasteiger partial charge in [-0.05, 0) is 49.4 Å². The molecule has 3 aromatic rings. The zero-order valence-electron chi connectivity index (χ0n) is 15.6. The molecule has 2 heterocycles. The average molecular weight is 386 g/mol. The molecule has 4 amide bonds. The molecule has 0 saturated heterocycles. The number of aromatic amines is 1. The van der Waals surface area contributed by atoms with Gasteiger partial charge in [0.2, 0.25) is 0 Å². The number of fused-ring (bicyclic) bond motifs is 1. The molecule has 0 atom stereocenters. The van der Waals surface area contributed by atoms with Gasteiger partial charge < -0.3 is 15.6 Å². The molecule has 1 aliphatic rings. The highest BCUT2D eigenvalue weighted by Crippen LogP contribution is 2.34. The maximum absolute atomic E-state index is 12.3. The lowest BCUT2D eigenvalue weighted by atomic mass is 10.1. The summed E-state index contributed by atoms with van der Waals surface area (Å²) < 4.78 is 0. The highest BCUT2D eigenvalue weighted by Gasteiger charge is 2.24. The number of benzene rings is 2. The lowest BCUT2D eigenvalue weighted by molar-refractivity contribution is -0.110. The topological polar surface area (TPSA) is 103 Å². The minimum absolute atomic E-state index is 0.217. The molecule has 2 aromatic carbocycles. The van der Waals surface area contributed by atoms with Gasteiger partial charge in [0.25, 0.3) is 11.8 Å². The number of rotatable bonds is 3. The molecule has 0 saturated carbocycles. The molecular formula is C22H18N4O3. The van der Waals surface area contributed by atoms with Crippen LogP contribution in [0.2, 0.25) is 0 Å². The molecule has 29 heavy (non-hydrogen) atoms. The van der Waals surface area contributed by atoms with Gasteiger partial charge in [0.15, 0.2) is 0 Å². The first-order chi connectivity index (χ1) is 14.0. The van der Waals surface area contributed by atoms with Crippen molar-refractivity contribution >= 4 is 40.9 Å². The maximum Gasteiger partial charge on any atom is 0.326 e. The molecule has 7 nitrogen and oxygen atoms in total. The molecule has 0 spiro atoms. The predicted octanol–water partition coefficient (Wildman–Crippen LogP) is 3.78. The van der Waals surface area contributed by atoms with Crippen LogP contribution in [-0.4, -0.2) is 22.8 Å². The Hall–Kier alpha value is -4.13. The summed E-state index contributed by atoms with van der Waals surface area (Å²) in [5, 5.41) is 7.68. The molecular weight excluding hydrogens is 368 g/mol. The van der Waals surface area contributed by atoms with Gasteiger partial charge in [-0.1, -0.05) is 23.8 Å². The van der Waals surface area contributed by atoms with E-state index in [2.05, 4.69) is 20.9 Å². The monoisotopic (exact) mass is 386 g/mol. The zero-order valence-corrected chi connectivity index (χ0v) is 15.6. The molecule has 1 aromatic heterocycles. The fourth-order valence-electron chi connectivity index (χ4n) is 3.05. The third-order valence-electron chi connectivity index (χ3n) is 4.52. The Kier molecular flexibility index (Phi) is 4.70. The van der Waals surface area contributed by atoms with Crippen molar-refractivity contribution in [1.29, 1.82) is 0 Å². The summed E-state index contributed by atoms with van der Waals surface area (Å²) in [6, 6.07) is 15.1. The van der Waals surface area contributed by atoms with Crippen LogP contribution in [0.15, 0.2) is 60.8 Å². The van der Waals surface area contributed by atoms with Crippen LogP contribution in [0.3, 0.4) is 0 Å². The fourth-order valence-corrected chi connectivity index (χ4v) is 3.05. The van der Waals surface area contributed by atoms with Crippen molar-refractivity contribution in [3.8, 4) is 0 Å². The van der Waals surface area contributed by atoms with Gasteiger partial charge in [-0.25, -0.2) is 4.79 Å². The second kappa shape index (κ2) is 7.47. The summed E-state index contributed by atoms with van der Waals surface area (Å²) in [5.74, 6) is -0.709. The molecule has 144 valence electrons. The van der Waals surface area contributed by atoms with Crippen LogP contribution in [-0.2, 0) is 4.79 Å². The van der Waals surface area contributed by atoms with Crippen molar-refractivity contribution in [3.63, 3.8) is 0 Å². The van der Waals surface area contributed by atoms with Crippen LogP contribution >= 0.6 is 0 Å². The van der Waals surface area contributed by atoms with Gasteiger partial charge in [0, 0.05) is 28.7 Å². The van der Waals surface area contributed by atoms with Crippen molar-refractivity contribution < 1.29 is 14.4 Å². The second-order valence-corrected chi connectivity index (χ2v) is 6.67. The number of urea groups is 1. The third kappa shape index (κ3) is 3.93. The number of hydrogen-bond acceptors (Lipinski definition) is 3. The molecule has 7 heteroatoms. The number of imide groups is 1. The summed E-state index contributed by atoms with van der Waals surface area (Å²) in [7, 11) is 0. The van der Waals surface area contributed by atoms with Crippen LogP contribution in [0.4, 0.5) is 16.2 Å². The third-order valence-corrected chi connectivity index (χ3v) is 4.52. The van der Waals surface area contributed by atoms with Crippen LogP contribution in [0.1, 0.15) is 27.2 Å². The lowest BCUT2D eigenvalue weighted by Gasteiger charge is -2.08. The molecule has 0 bridgehead atoms. The van der Waals surface area contributed by atoms with E-state index in [0.29, 0.717) is 22.5 Å². The predicted molar refractivity (Wildman–Crippen MR) is 111 cm³/mol. The van der Waals surface area contributed by atoms with Crippen molar-refractivity contribution in [1.82, 2.24) is 10.3 Å². The summed E-state index contributed by atoms with van der Waals surface area (Å²) in [5.41, 5.74) is 4.57. The fraction of sp³-hybridized carbons (Fsp3) is 0.0455. The van der Waals surface area contributed by atoms with E-state index in [1.807, 2.05) is 19.1 Å². The summed E-state index contributed by atoms with van der Waals surface area (Å²) in [6.07, 6.45) is 3.55. The number of carbonyl (C=O) groups excluding carboxylic acids is 3. The highest BCUT2D eigenvalue weighted by atomic mass is 16.2. The summed E-state index contributed by atoms with van der Waals surface area (Å²) in [4.78, 5) is 39.6. The Morgan fingerprint density at radius 3 is 2.55 bits per heavy atom. The van der Waals surface area contributed by atoms with Crippen LogP contribution in [0.5, 0.6) is 0 Å². The molecule has 4 rings (SSSR count). The van der Waals surface area contributed by atoms with E-state index in [9.17, 15) is 14.4 Å². The van der Waals surface area contributed by atoms with E-state index < -0.39 is 11.9 Å². The maximum atomic E-state index is 12.3. The smallest absolute Gasteiger partial charge is 0.326 e. The first kappa shape index (κ1) is 18.2. The van der Waals surface area contributed by atoms with E-state index >= 15 is 0 Å².